The number of sulfone groups is 1. The van der Waals surface area contributed by atoms with Crippen LogP contribution in [0.2, 0.25) is 0 Å². The average Bonchev–Trinajstić information content (AvgIpc) is 3.41. The van der Waals surface area contributed by atoms with Crippen molar-refractivity contribution >= 4 is 49.2 Å². The number of halogens is 3. The van der Waals surface area contributed by atoms with E-state index in [1.807, 2.05) is 23.1 Å². The number of allylic oxidation sites excluding steroid dienone is 1. The molecular formula is C28H33F3N8O2S. The monoisotopic (exact) mass is 602 g/mol. The smallest absolute Gasteiger partial charge is 0.404 e. The Balaban J connectivity index is 1.42. The zero-order valence-electron chi connectivity index (χ0n) is 23.4. The molecule has 0 aliphatic carbocycles. The molecule has 0 unspecified atom stereocenters. The Bertz CT molecular complexity index is 1670. The zero-order valence-corrected chi connectivity index (χ0v) is 24.2. The second-order valence-corrected chi connectivity index (χ2v) is 13.3. The molecule has 0 spiro atoms. The molecule has 5 rings (SSSR count). The summed E-state index contributed by atoms with van der Waals surface area (Å²) in [6.07, 6.45) is 0.767. The van der Waals surface area contributed by atoms with Gasteiger partial charge in [0.05, 0.1) is 17.5 Å². The van der Waals surface area contributed by atoms with Crippen LogP contribution in [0.3, 0.4) is 0 Å². The van der Waals surface area contributed by atoms with E-state index in [9.17, 15) is 21.6 Å². The summed E-state index contributed by atoms with van der Waals surface area (Å²) in [4.78, 5) is 19.1. The van der Waals surface area contributed by atoms with Crippen LogP contribution in [0.25, 0.3) is 16.3 Å². The normalized spacial score (nSPS) is 21.5. The molecule has 5 N–H and O–H groups in total. The van der Waals surface area contributed by atoms with Gasteiger partial charge in [-0.1, -0.05) is 19.9 Å². The van der Waals surface area contributed by atoms with Crippen molar-refractivity contribution in [2.24, 2.45) is 22.4 Å². The molecule has 2 aliphatic heterocycles. The van der Waals surface area contributed by atoms with Crippen molar-refractivity contribution in [2.45, 2.75) is 51.0 Å². The minimum absolute atomic E-state index is 0.0389. The van der Waals surface area contributed by atoms with Crippen LogP contribution in [0.1, 0.15) is 44.0 Å². The van der Waals surface area contributed by atoms with E-state index in [1.54, 1.807) is 12.3 Å². The predicted octanol–water partition coefficient (Wildman–Crippen LogP) is 4.12. The van der Waals surface area contributed by atoms with Crippen molar-refractivity contribution in [1.82, 2.24) is 15.0 Å². The lowest BCUT2D eigenvalue weighted by Crippen LogP contribution is -2.63. The molecule has 1 fully saturated rings. The van der Waals surface area contributed by atoms with Crippen LogP contribution < -0.4 is 21.7 Å². The topological polar surface area (TPSA) is 152 Å². The van der Waals surface area contributed by atoms with Gasteiger partial charge in [-0.05, 0) is 47.9 Å². The molecular weight excluding hydrogens is 569 g/mol. The number of aliphatic imine (C=N–C) groups is 1. The fraction of sp³-hybridized carbons (Fsp3) is 0.429. The van der Waals surface area contributed by atoms with Gasteiger partial charge in [-0.25, -0.2) is 23.4 Å². The van der Waals surface area contributed by atoms with Gasteiger partial charge in [-0.2, -0.15) is 13.2 Å². The van der Waals surface area contributed by atoms with Gasteiger partial charge < -0.3 is 21.7 Å². The number of hydrogen-bond donors (Lipinski definition) is 3. The Morgan fingerprint density at radius 1 is 1.19 bits per heavy atom. The molecule has 3 aromatic rings. The van der Waals surface area contributed by atoms with Crippen molar-refractivity contribution in [2.75, 3.05) is 28.8 Å². The molecule has 0 amide bonds. The number of alkyl halides is 3. The standard InChI is InChI=1S/C28H33F3N8O2S/c1-15(2)17-4-6-22(39-13-16(26(39)33)14-42(3,40)41)20-12-35-25(10-18(17)20)37-24-8-9-34-27(38-24)19(11-32)21-5-7-23(36-21)28(29,30)31/h4,6,8-12,15-16,23,26H,5,7,13-14,32-33H2,1-3H3,(H,34,35,37,38)/t16-,23+,26+/m1/s1. The van der Waals surface area contributed by atoms with Gasteiger partial charge >= 0.3 is 6.18 Å². The van der Waals surface area contributed by atoms with Gasteiger partial charge in [-0.15, -0.1) is 0 Å². The summed E-state index contributed by atoms with van der Waals surface area (Å²) in [6.45, 7) is 4.71. The average molecular weight is 603 g/mol. The highest BCUT2D eigenvalue weighted by molar-refractivity contribution is 7.90. The first-order valence-electron chi connectivity index (χ1n) is 13.5. The van der Waals surface area contributed by atoms with E-state index in [0.717, 1.165) is 22.0 Å². The molecule has 0 bridgehead atoms. The van der Waals surface area contributed by atoms with Crippen molar-refractivity contribution in [3.63, 3.8) is 0 Å². The van der Waals surface area contributed by atoms with Gasteiger partial charge in [0.2, 0.25) is 0 Å². The van der Waals surface area contributed by atoms with Gasteiger partial charge in [0.15, 0.2) is 5.82 Å². The van der Waals surface area contributed by atoms with Gasteiger partial charge in [0.1, 0.15) is 27.5 Å². The summed E-state index contributed by atoms with van der Waals surface area (Å²) < 4.78 is 63.0. The Morgan fingerprint density at radius 3 is 2.57 bits per heavy atom. The second kappa shape index (κ2) is 11.1. The number of fused-ring (bicyclic) bond motifs is 1. The van der Waals surface area contributed by atoms with Crippen LogP contribution in [0.15, 0.2) is 47.9 Å². The van der Waals surface area contributed by atoms with E-state index in [0.29, 0.717) is 18.2 Å². The maximum atomic E-state index is 13.2. The first-order valence-corrected chi connectivity index (χ1v) is 15.6. The molecule has 2 aromatic heterocycles. The highest BCUT2D eigenvalue weighted by atomic mass is 32.2. The number of nitrogens with zero attached hydrogens (tertiary/aromatic N) is 5. The van der Waals surface area contributed by atoms with Crippen LogP contribution in [-0.4, -0.2) is 66.0 Å². The summed E-state index contributed by atoms with van der Waals surface area (Å²) >= 11 is 0. The Kier molecular flexibility index (Phi) is 7.88. The van der Waals surface area contributed by atoms with Gasteiger partial charge in [-0.3, -0.25) is 4.99 Å². The number of pyridine rings is 1. The fourth-order valence-corrected chi connectivity index (χ4v) is 6.57. The molecule has 10 nitrogen and oxygen atoms in total. The van der Waals surface area contributed by atoms with Crippen LogP contribution in [0.5, 0.6) is 0 Å². The number of hydrogen-bond acceptors (Lipinski definition) is 10. The lowest BCUT2D eigenvalue weighted by molar-refractivity contribution is -0.146. The molecule has 2 aliphatic rings. The first-order chi connectivity index (χ1) is 19.7. The van der Waals surface area contributed by atoms with E-state index in [1.165, 1.54) is 18.7 Å². The lowest BCUT2D eigenvalue weighted by Gasteiger charge is -2.47. The number of nitrogens with one attached hydrogen (secondary N) is 1. The quantitative estimate of drug-likeness (QED) is 0.346. The maximum absolute atomic E-state index is 13.2. The van der Waals surface area contributed by atoms with Crippen molar-refractivity contribution in [1.29, 1.82) is 0 Å². The summed E-state index contributed by atoms with van der Waals surface area (Å²) in [7, 11) is -3.14. The zero-order chi connectivity index (χ0) is 30.4. The summed E-state index contributed by atoms with van der Waals surface area (Å²) in [5.41, 5.74) is 14.6. The molecule has 3 atom stereocenters. The number of rotatable bonds is 8. The SMILES string of the molecule is CC(C)c1ccc(N2C[C@H](CS(C)(=O)=O)[C@H]2N)c2cnc(Nc3ccnc(C(=CN)C4=N[C@H](C(F)(F)F)CC4)n3)cc12. The van der Waals surface area contributed by atoms with Crippen LogP contribution in [0.4, 0.5) is 30.5 Å². The largest absolute Gasteiger partial charge is 0.410 e. The second-order valence-electron chi connectivity index (χ2n) is 11.1. The molecule has 14 heteroatoms. The minimum Gasteiger partial charge on any atom is -0.404 e. The van der Waals surface area contributed by atoms with Crippen LogP contribution >= 0.6 is 0 Å². The Hall–Kier alpha value is -3.78. The van der Waals surface area contributed by atoms with Crippen LogP contribution in [-0.2, 0) is 9.84 Å². The number of anilines is 3. The third kappa shape index (κ3) is 6.04. The third-order valence-electron chi connectivity index (χ3n) is 7.61. The summed E-state index contributed by atoms with van der Waals surface area (Å²) in [5.74, 6) is 1.14. The van der Waals surface area contributed by atoms with Crippen molar-refractivity contribution in [3.05, 3.63) is 54.2 Å². The number of nitrogens with two attached hydrogens (primary N) is 2. The van der Waals surface area contributed by atoms with Crippen molar-refractivity contribution in [3.8, 4) is 0 Å². The molecule has 42 heavy (non-hydrogen) atoms. The highest BCUT2D eigenvalue weighted by Crippen LogP contribution is 2.39. The Labute approximate surface area is 242 Å². The summed E-state index contributed by atoms with van der Waals surface area (Å²) in [5, 5.41) is 5.01. The minimum atomic E-state index is -4.42. The van der Waals surface area contributed by atoms with E-state index in [-0.39, 0.29) is 47.5 Å². The van der Waals surface area contributed by atoms with Crippen LogP contribution in [0, 0.1) is 5.92 Å². The maximum Gasteiger partial charge on any atom is 0.410 e. The lowest BCUT2D eigenvalue weighted by atomic mass is 9.92. The number of benzene rings is 1. The summed E-state index contributed by atoms with van der Waals surface area (Å²) in [6, 6.07) is 5.81. The molecule has 1 aromatic carbocycles. The first kappa shape index (κ1) is 29.7. The molecule has 224 valence electrons. The predicted molar refractivity (Wildman–Crippen MR) is 158 cm³/mol. The van der Waals surface area contributed by atoms with E-state index < -0.39 is 28.2 Å². The highest BCUT2D eigenvalue weighted by Gasteiger charge is 2.42. The molecule has 0 saturated carbocycles. The molecule has 1 saturated heterocycles. The number of aromatic nitrogens is 3. The van der Waals surface area contributed by atoms with Gasteiger partial charge in [0, 0.05) is 54.1 Å². The van der Waals surface area contributed by atoms with E-state index in [2.05, 4.69) is 39.1 Å². The fourth-order valence-electron chi connectivity index (χ4n) is 5.49. The van der Waals surface area contributed by atoms with Gasteiger partial charge in [0.25, 0.3) is 0 Å². The molecule has 4 heterocycles. The van der Waals surface area contributed by atoms with E-state index >= 15 is 0 Å². The Morgan fingerprint density at radius 2 is 1.95 bits per heavy atom. The van der Waals surface area contributed by atoms with E-state index in [4.69, 9.17) is 11.5 Å². The van der Waals surface area contributed by atoms with Crippen molar-refractivity contribution < 1.29 is 21.6 Å². The third-order valence-corrected chi connectivity index (χ3v) is 8.64. The molecule has 0 radical (unpaired) electrons.